The second-order valence-electron chi connectivity index (χ2n) is 6.82. The summed E-state index contributed by atoms with van der Waals surface area (Å²) in [5, 5.41) is 8.62. The maximum Gasteiger partial charge on any atom is 0.276 e. The molecule has 0 radical (unpaired) electrons. The van der Waals surface area contributed by atoms with Crippen LogP contribution in [0.1, 0.15) is 11.1 Å². The van der Waals surface area contributed by atoms with Gasteiger partial charge in [0.2, 0.25) is 0 Å². The van der Waals surface area contributed by atoms with Crippen LogP contribution in [0.25, 0.3) is 12.2 Å². The molecule has 0 heterocycles. The van der Waals surface area contributed by atoms with Crippen molar-refractivity contribution in [2.75, 3.05) is 38.0 Å². The highest BCUT2D eigenvalue weighted by Gasteiger charge is 2.06. The highest BCUT2D eigenvalue weighted by atomic mass is 16.7. The molecule has 0 aliphatic carbocycles. The van der Waals surface area contributed by atoms with E-state index in [1.165, 1.54) is 23.7 Å². The minimum atomic E-state index is -0.650. The van der Waals surface area contributed by atoms with Crippen LogP contribution < -0.4 is 25.6 Å². The summed E-state index contributed by atoms with van der Waals surface area (Å²) in [4.78, 5) is 32.5. The largest absolute Gasteiger partial charge is 0.379 e. The summed E-state index contributed by atoms with van der Waals surface area (Å²) in [5.41, 5.74) is 7.33. The standard InChI is InChI=1S/C22H26N4O4/c1-25(2)18-7-5-6-16(14-18)8-12-22(28)24-30-19-10-11-20(26(3)4)17(15-19)9-13-21(27)23-29/h5-15,29H,1-4H3,(H,23,27)(H,24,28). The van der Waals surface area contributed by atoms with Gasteiger partial charge in [-0.2, -0.15) is 5.48 Å². The predicted octanol–water partition coefficient (Wildman–Crippen LogP) is 2.46. The third kappa shape index (κ3) is 6.68. The van der Waals surface area contributed by atoms with E-state index in [9.17, 15) is 9.59 Å². The third-order valence-corrected chi connectivity index (χ3v) is 4.09. The van der Waals surface area contributed by atoms with Crippen LogP contribution in [0.15, 0.2) is 54.6 Å². The van der Waals surface area contributed by atoms with Crippen molar-refractivity contribution in [2.45, 2.75) is 0 Å². The summed E-state index contributed by atoms with van der Waals surface area (Å²) in [5.74, 6) is -0.678. The van der Waals surface area contributed by atoms with Crippen LogP contribution in [0.4, 0.5) is 11.4 Å². The molecule has 0 saturated heterocycles. The Bertz CT molecular complexity index is 952. The van der Waals surface area contributed by atoms with Gasteiger partial charge in [-0.15, -0.1) is 0 Å². The molecule has 30 heavy (non-hydrogen) atoms. The molecule has 158 valence electrons. The van der Waals surface area contributed by atoms with Gasteiger partial charge in [-0.1, -0.05) is 12.1 Å². The number of carbonyl (C=O) groups excluding carboxylic acids is 2. The van der Waals surface area contributed by atoms with Crippen LogP contribution in [0.3, 0.4) is 0 Å². The Hall–Kier alpha value is -3.78. The molecule has 2 aromatic carbocycles. The Labute approximate surface area is 176 Å². The first-order chi connectivity index (χ1) is 14.3. The Balaban J connectivity index is 2.05. The molecule has 2 amide bonds. The average Bonchev–Trinajstić information content (AvgIpc) is 2.74. The van der Waals surface area contributed by atoms with Crippen LogP contribution in [0, 0.1) is 0 Å². The van der Waals surface area contributed by atoms with Gasteiger partial charge < -0.3 is 14.6 Å². The van der Waals surface area contributed by atoms with Crippen LogP contribution in [0.2, 0.25) is 0 Å². The van der Waals surface area contributed by atoms with Crippen LogP contribution >= 0.6 is 0 Å². The van der Waals surface area contributed by atoms with Crippen molar-refractivity contribution in [1.29, 1.82) is 0 Å². The van der Waals surface area contributed by atoms with E-state index in [2.05, 4.69) is 5.48 Å². The van der Waals surface area contributed by atoms with Gasteiger partial charge in [0.1, 0.15) is 0 Å². The number of hydrogen-bond acceptors (Lipinski definition) is 6. The van der Waals surface area contributed by atoms with E-state index < -0.39 is 11.8 Å². The minimum Gasteiger partial charge on any atom is -0.379 e. The summed E-state index contributed by atoms with van der Waals surface area (Å²) in [6.07, 6.45) is 5.81. The summed E-state index contributed by atoms with van der Waals surface area (Å²) < 4.78 is 0. The summed E-state index contributed by atoms with van der Waals surface area (Å²) in [6.45, 7) is 0. The van der Waals surface area contributed by atoms with Crippen molar-refractivity contribution in [2.24, 2.45) is 0 Å². The lowest BCUT2D eigenvalue weighted by Gasteiger charge is -2.16. The van der Waals surface area contributed by atoms with Gasteiger partial charge in [-0.25, -0.2) is 5.48 Å². The van der Waals surface area contributed by atoms with E-state index in [1.54, 1.807) is 24.3 Å². The Kier molecular flexibility index (Phi) is 8.01. The van der Waals surface area contributed by atoms with Gasteiger partial charge in [0.25, 0.3) is 11.8 Å². The zero-order chi connectivity index (χ0) is 22.1. The van der Waals surface area contributed by atoms with Crippen LogP contribution in [-0.4, -0.2) is 45.2 Å². The second-order valence-corrected chi connectivity index (χ2v) is 6.82. The maximum absolute atomic E-state index is 12.1. The smallest absolute Gasteiger partial charge is 0.276 e. The number of nitrogens with zero attached hydrogens (tertiary/aromatic N) is 2. The monoisotopic (exact) mass is 410 g/mol. The minimum absolute atomic E-state index is 0.390. The molecule has 0 saturated carbocycles. The summed E-state index contributed by atoms with van der Waals surface area (Å²) in [7, 11) is 7.61. The Morgan fingerprint density at radius 3 is 2.33 bits per heavy atom. The van der Waals surface area contributed by atoms with Gasteiger partial charge >= 0.3 is 0 Å². The Morgan fingerprint density at radius 1 is 0.933 bits per heavy atom. The first-order valence-corrected chi connectivity index (χ1v) is 9.16. The zero-order valence-corrected chi connectivity index (χ0v) is 17.4. The molecule has 0 aromatic heterocycles. The normalized spacial score (nSPS) is 10.8. The fourth-order valence-electron chi connectivity index (χ4n) is 2.56. The molecule has 0 unspecified atom stereocenters. The van der Waals surface area contributed by atoms with Crippen molar-refractivity contribution in [3.63, 3.8) is 0 Å². The topological polar surface area (TPSA) is 94.1 Å². The first kappa shape index (κ1) is 22.5. The molecule has 0 atom stereocenters. The van der Waals surface area contributed by atoms with E-state index in [1.807, 2.05) is 62.3 Å². The molecular weight excluding hydrogens is 384 g/mol. The van der Waals surface area contributed by atoms with Gasteiger partial charge in [0.05, 0.1) is 0 Å². The molecule has 0 aliphatic heterocycles. The molecule has 8 nitrogen and oxygen atoms in total. The summed E-state index contributed by atoms with van der Waals surface area (Å²) in [6, 6.07) is 12.9. The number of anilines is 2. The molecular formula is C22H26N4O4. The van der Waals surface area contributed by atoms with E-state index in [0.717, 1.165) is 16.9 Å². The van der Waals surface area contributed by atoms with Crippen molar-refractivity contribution in [3.8, 4) is 5.75 Å². The quantitative estimate of drug-likeness (QED) is 0.352. The number of amides is 2. The number of hydrogen-bond donors (Lipinski definition) is 3. The van der Waals surface area contributed by atoms with Crippen LogP contribution in [-0.2, 0) is 9.59 Å². The SMILES string of the molecule is CN(C)c1cccc(C=CC(=O)NOc2ccc(N(C)C)c(C=CC(=O)NO)c2)c1. The van der Waals surface area contributed by atoms with E-state index in [0.29, 0.717) is 11.3 Å². The van der Waals surface area contributed by atoms with Crippen molar-refractivity contribution < 1.29 is 19.6 Å². The van der Waals surface area contributed by atoms with Gasteiger partial charge in [0.15, 0.2) is 5.75 Å². The highest BCUT2D eigenvalue weighted by molar-refractivity contribution is 5.92. The first-order valence-electron chi connectivity index (χ1n) is 9.16. The zero-order valence-electron chi connectivity index (χ0n) is 17.4. The van der Waals surface area contributed by atoms with Crippen LogP contribution in [0.5, 0.6) is 5.75 Å². The lowest BCUT2D eigenvalue weighted by molar-refractivity contribution is -0.124. The van der Waals surface area contributed by atoms with Gasteiger partial charge in [0, 0.05) is 57.3 Å². The molecule has 0 aliphatic rings. The predicted molar refractivity (Wildman–Crippen MR) is 118 cm³/mol. The van der Waals surface area contributed by atoms with Crippen molar-refractivity contribution >= 4 is 35.3 Å². The van der Waals surface area contributed by atoms with Gasteiger partial charge in [-0.05, 0) is 48.0 Å². The number of nitrogens with one attached hydrogen (secondary N) is 2. The van der Waals surface area contributed by atoms with Gasteiger partial charge in [-0.3, -0.25) is 14.8 Å². The number of hydroxylamine groups is 2. The molecule has 0 bridgehead atoms. The van der Waals surface area contributed by atoms with E-state index in [-0.39, 0.29) is 0 Å². The fourth-order valence-corrected chi connectivity index (χ4v) is 2.56. The molecule has 8 heteroatoms. The average molecular weight is 410 g/mol. The molecule has 2 rings (SSSR count). The molecule has 2 aromatic rings. The molecule has 3 N–H and O–H groups in total. The number of carbonyl (C=O) groups is 2. The van der Waals surface area contributed by atoms with E-state index >= 15 is 0 Å². The second kappa shape index (κ2) is 10.7. The lowest BCUT2D eigenvalue weighted by atomic mass is 10.1. The highest BCUT2D eigenvalue weighted by Crippen LogP contribution is 2.25. The number of benzene rings is 2. The Morgan fingerprint density at radius 2 is 1.67 bits per heavy atom. The van der Waals surface area contributed by atoms with E-state index in [4.69, 9.17) is 10.0 Å². The van der Waals surface area contributed by atoms with Crippen molar-refractivity contribution in [3.05, 3.63) is 65.7 Å². The molecule has 0 fully saturated rings. The van der Waals surface area contributed by atoms with Crippen molar-refractivity contribution in [1.82, 2.24) is 11.0 Å². The molecule has 0 spiro atoms. The maximum atomic E-state index is 12.1. The number of rotatable bonds is 8. The third-order valence-electron chi connectivity index (χ3n) is 4.09. The lowest BCUT2D eigenvalue weighted by Crippen LogP contribution is -2.25. The fraction of sp³-hybridized carbons (Fsp3) is 0.182. The summed E-state index contributed by atoms with van der Waals surface area (Å²) >= 11 is 0.